The van der Waals surface area contributed by atoms with Crippen LogP contribution in [0.5, 0.6) is 0 Å². The van der Waals surface area contributed by atoms with Crippen LogP contribution in [0.25, 0.3) is 0 Å². The molecular weight excluding hydrogens is 156 g/mol. The van der Waals surface area contributed by atoms with Crippen LogP contribution in [0.2, 0.25) is 0 Å². The summed E-state index contributed by atoms with van der Waals surface area (Å²) in [5.41, 5.74) is 0. The lowest BCUT2D eigenvalue weighted by molar-refractivity contribution is -0.138. The predicted octanol–water partition coefficient (Wildman–Crippen LogP) is -0.255. The highest BCUT2D eigenvalue weighted by Crippen LogP contribution is 2.09. The number of carbonyl (C=O) groups excluding carboxylic acids is 2. The molecule has 68 valence electrons. The summed E-state index contributed by atoms with van der Waals surface area (Å²) in [5.74, 6) is -0.0594. The number of likely N-dealkylation sites (N-methyl/N-ethyl adjacent to an activating group) is 1. The summed E-state index contributed by atoms with van der Waals surface area (Å²) < 4.78 is 0. The van der Waals surface area contributed by atoms with Crippen molar-refractivity contribution >= 4 is 11.8 Å². The van der Waals surface area contributed by atoms with Crippen molar-refractivity contribution in [2.45, 2.75) is 19.8 Å². The molecule has 0 unspecified atom stereocenters. The lowest BCUT2D eigenvalue weighted by Crippen LogP contribution is -2.35. The minimum Gasteiger partial charge on any atom is -0.315 e. The minimum atomic E-state index is -0.0297. The molecule has 0 aromatic heterocycles. The molecule has 0 radical (unpaired) electrons. The molecule has 0 saturated carbocycles. The third kappa shape index (κ3) is 2.04. The first-order valence-electron chi connectivity index (χ1n) is 4.29. The van der Waals surface area contributed by atoms with Crippen LogP contribution < -0.4 is 5.32 Å². The fourth-order valence-corrected chi connectivity index (χ4v) is 1.24. The van der Waals surface area contributed by atoms with Crippen LogP contribution in [0.3, 0.4) is 0 Å². The summed E-state index contributed by atoms with van der Waals surface area (Å²) in [7, 11) is 0. The summed E-state index contributed by atoms with van der Waals surface area (Å²) in [6.07, 6.45) is 0.788. The zero-order chi connectivity index (χ0) is 8.97. The molecule has 0 aliphatic carbocycles. The molecule has 4 nitrogen and oxygen atoms in total. The molecule has 1 saturated heterocycles. The van der Waals surface area contributed by atoms with Gasteiger partial charge in [0.25, 0.3) is 0 Å². The van der Waals surface area contributed by atoms with Gasteiger partial charge in [0.1, 0.15) is 0 Å². The first-order valence-corrected chi connectivity index (χ1v) is 4.29. The van der Waals surface area contributed by atoms with E-state index in [0.717, 1.165) is 6.54 Å². The maximum Gasteiger partial charge on any atom is 0.229 e. The summed E-state index contributed by atoms with van der Waals surface area (Å²) >= 11 is 0. The van der Waals surface area contributed by atoms with Crippen LogP contribution in [0.1, 0.15) is 19.8 Å². The summed E-state index contributed by atoms with van der Waals surface area (Å²) in [5, 5.41) is 3.07. The van der Waals surface area contributed by atoms with Gasteiger partial charge in [-0.15, -0.1) is 0 Å². The summed E-state index contributed by atoms with van der Waals surface area (Å²) in [4.78, 5) is 23.4. The topological polar surface area (TPSA) is 49.4 Å². The van der Waals surface area contributed by atoms with E-state index >= 15 is 0 Å². The van der Waals surface area contributed by atoms with Crippen LogP contribution >= 0.6 is 0 Å². The van der Waals surface area contributed by atoms with Crippen LogP contribution in [0.15, 0.2) is 0 Å². The van der Waals surface area contributed by atoms with Crippen molar-refractivity contribution in [2.75, 3.05) is 19.6 Å². The maximum atomic E-state index is 11.1. The van der Waals surface area contributed by atoms with Gasteiger partial charge in [-0.3, -0.25) is 14.5 Å². The Labute approximate surface area is 71.9 Å². The van der Waals surface area contributed by atoms with Crippen molar-refractivity contribution in [3.63, 3.8) is 0 Å². The smallest absolute Gasteiger partial charge is 0.229 e. The molecule has 0 spiro atoms. The normalized spacial score (nSPS) is 17.6. The third-order valence-corrected chi connectivity index (χ3v) is 1.92. The molecule has 1 fully saturated rings. The van der Waals surface area contributed by atoms with E-state index in [1.165, 1.54) is 4.90 Å². The van der Waals surface area contributed by atoms with Gasteiger partial charge >= 0.3 is 0 Å². The molecule has 1 rings (SSSR count). The Hall–Kier alpha value is -0.900. The molecule has 12 heavy (non-hydrogen) atoms. The third-order valence-electron chi connectivity index (χ3n) is 1.92. The van der Waals surface area contributed by atoms with Gasteiger partial charge in [0, 0.05) is 25.9 Å². The lowest BCUT2D eigenvalue weighted by atomic mass is 10.4. The van der Waals surface area contributed by atoms with Crippen molar-refractivity contribution < 1.29 is 9.59 Å². The number of hydrogen-bond donors (Lipinski definition) is 1. The molecule has 2 amide bonds. The van der Waals surface area contributed by atoms with Crippen LogP contribution in [0.4, 0.5) is 0 Å². The molecule has 1 aliphatic heterocycles. The molecular formula is C8H14N2O2. The number of rotatable bonds is 4. The zero-order valence-electron chi connectivity index (χ0n) is 7.30. The summed E-state index contributed by atoms with van der Waals surface area (Å²) in [6, 6.07) is 0. The fourth-order valence-electron chi connectivity index (χ4n) is 1.24. The molecule has 1 heterocycles. The van der Waals surface area contributed by atoms with Gasteiger partial charge < -0.3 is 5.32 Å². The molecule has 0 atom stereocenters. The Balaban J connectivity index is 2.30. The van der Waals surface area contributed by atoms with Crippen molar-refractivity contribution in [1.29, 1.82) is 0 Å². The lowest BCUT2D eigenvalue weighted by Gasteiger charge is -2.12. The Kier molecular flexibility index (Phi) is 3.22. The van der Waals surface area contributed by atoms with Crippen LogP contribution in [0, 0.1) is 0 Å². The molecule has 4 heteroatoms. The minimum absolute atomic E-state index is 0.0297. The van der Waals surface area contributed by atoms with Gasteiger partial charge in [0.05, 0.1) is 0 Å². The van der Waals surface area contributed by atoms with Crippen molar-refractivity contribution in [3.8, 4) is 0 Å². The monoisotopic (exact) mass is 170 g/mol. The van der Waals surface area contributed by atoms with Gasteiger partial charge in [0.15, 0.2) is 0 Å². The second-order valence-corrected chi connectivity index (χ2v) is 2.79. The number of carbonyl (C=O) groups is 2. The van der Waals surface area contributed by atoms with E-state index < -0.39 is 0 Å². The van der Waals surface area contributed by atoms with E-state index in [1.54, 1.807) is 0 Å². The average Bonchev–Trinajstić information content (AvgIpc) is 2.35. The van der Waals surface area contributed by atoms with Gasteiger partial charge in [-0.25, -0.2) is 0 Å². The van der Waals surface area contributed by atoms with E-state index in [-0.39, 0.29) is 11.8 Å². The zero-order valence-corrected chi connectivity index (χ0v) is 7.30. The first-order chi connectivity index (χ1) is 5.75. The second kappa shape index (κ2) is 4.21. The van der Waals surface area contributed by atoms with Gasteiger partial charge in [0.2, 0.25) is 11.8 Å². The predicted molar refractivity (Wildman–Crippen MR) is 44.5 cm³/mol. The average molecular weight is 170 g/mol. The largest absolute Gasteiger partial charge is 0.315 e. The summed E-state index contributed by atoms with van der Waals surface area (Å²) in [6.45, 7) is 4.09. The number of hydrogen-bond acceptors (Lipinski definition) is 3. The van der Waals surface area contributed by atoms with E-state index in [1.807, 2.05) is 6.92 Å². The van der Waals surface area contributed by atoms with Crippen LogP contribution in [-0.4, -0.2) is 36.3 Å². The van der Waals surface area contributed by atoms with Gasteiger partial charge in [-0.05, 0) is 6.54 Å². The van der Waals surface area contributed by atoms with E-state index in [4.69, 9.17) is 0 Å². The quantitative estimate of drug-likeness (QED) is 0.467. The molecule has 0 aromatic rings. The van der Waals surface area contributed by atoms with E-state index in [0.29, 0.717) is 25.9 Å². The Morgan fingerprint density at radius 1 is 1.33 bits per heavy atom. The number of likely N-dealkylation sites (tertiary alicyclic amines) is 1. The highest BCUT2D eigenvalue weighted by molar-refractivity contribution is 6.01. The van der Waals surface area contributed by atoms with Crippen molar-refractivity contribution in [2.24, 2.45) is 0 Å². The van der Waals surface area contributed by atoms with Crippen molar-refractivity contribution in [1.82, 2.24) is 10.2 Å². The van der Waals surface area contributed by atoms with E-state index in [9.17, 15) is 9.59 Å². The standard InChI is InChI=1S/C8H14N2O2/c1-2-9-5-6-10-7(11)3-4-8(10)12/h9H,2-6H2,1H3. The Morgan fingerprint density at radius 3 is 2.42 bits per heavy atom. The first kappa shape index (κ1) is 9.19. The second-order valence-electron chi connectivity index (χ2n) is 2.79. The number of nitrogens with zero attached hydrogens (tertiary/aromatic N) is 1. The van der Waals surface area contributed by atoms with Gasteiger partial charge in [-0.2, -0.15) is 0 Å². The Bertz CT molecular complexity index is 175. The number of nitrogens with one attached hydrogen (secondary N) is 1. The molecule has 1 N–H and O–H groups in total. The molecule has 0 bridgehead atoms. The fraction of sp³-hybridized carbons (Fsp3) is 0.750. The SMILES string of the molecule is CCNCCN1C(=O)CCC1=O. The van der Waals surface area contributed by atoms with E-state index in [2.05, 4.69) is 5.32 Å². The number of amides is 2. The Morgan fingerprint density at radius 2 is 1.92 bits per heavy atom. The van der Waals surface area contributed by atoms with Gasteiger partial charge in [-0.1, -0.05) is 6.92 Å². The maximum absolute atomic E-state index is 11.1. The number of imide groups is 1. The highest BCUT2D eigenvalue weighted by atomic mass is 16.2. The van der Waals surface area contributed by atoms with Crippen molar-refractivity contribution in [3.05, 3.63) is 0 Å². The molecule has 0 aromatic carbocycles. The highest BCUT2D eigenvalue weighted by Gasteiger charge is 2.27. The molecule has 1 aliphatic rings. The van der Waals surface area contributed by atoms with Crippen LogP contribution in [-0.2, 0) is 9.59 Å².